The third-order valence-electron chi connectivity index (χ3n) is 5.13. The predicted octanol–water partition coefficient (Wildman–Crippen LogP) is 4.35. The Morgan fingerprint density at radius 3 is 2.82 bits per heavy atom. The molecule has 2 aromatic carbocycles. The van der Waals surface area contributed by atoms with E-state index >= 15 is 0 Å². The average molecular weight is 368 g/mol. The van der Waals surface area contributed by atoms with Gasteiger partial charge in [-0.05, 0) is 49.2 Å². The third kappa shape index (κ3) is 2.70. The van der Waals surface area contributed by atoms with Gasteiger partial charge in [-0.2, -0.15) is 0 Å². The lowest BCUT2D eigenvalue weighted by molar-refractivity contribution is 0.968. The molecule has 4 aromatic rings. The van der Waals surface area contributed by atoms with Gasteiger partial charge in [-0.25, -0.2) is 9.97 Å². The molecular weight excluding hydrogens is 348 g/mol. The SMILES string of the molecule is Cc1ccc2c(Nc3ncnc(N4CCc5ccccc54)c3N)cccc2n1. The Hall–Kier alpha value is -3.67. The molecule has 0 atom stereocenters. The first-order valence-corrected chi connectivity index (χ1v) is 9.30. The van der Waals surface area contributed by atoms with E-state index in [1.54, 1.807) is 6.33 Å². The number of aromatic nitrogens is 3. The maximum atomic E-state index is 6.49. The summed E-state index contributed by atoms with van der Waals surface area (Å²) in [6.45, 7) is 2.85. The van der Waals surface area contributed by atoms with Crippen LogP contribution in [0, 0.1) is 6.92 Å². The lowest BCUT2D eigenvalue weighted by Gasteiger charge is -2.21. The number of benzene rings is 2. The second-order valence-corrected chi connectivity index (χ2v) is 6.94. The van der Waals surface area contributed by atoms with E-state index in [0.717, 1.165) is 46.8 Å². The van der Waals surface area contributed by atoms with Gasteiger partial charge < -0.3 is 16.0 Å². The minimum absolute atomic E-state index is 0.538. The van der Waals surface area contributed by atoms with Crippen molar-refractivity contribution < 1.29 is 0 Å². The summed E-state index contributed by atoms with van der Waals surface area (Å²) < 4.78 is 0. The third-order valence-corrected chi connectivity index (χ3v) is 5.13. The Morgan fingerprint density at radius 2 is 1.89 bits per heavy atom. The van der Waals surface area contributed by atoms with Gasteiger partial charge in [-0.15, -0.1) is 0 Å². The molecule has 2 aromatic heterocycles. The summed E-state index contributed by atoms with van der Waals surface area (Å²) in [4.78, 5) is 15.6. The predicted molar refractivity (Wildman–Crippen MR) is 113 cm³/mol. The first-order chi connectivity index (χ1) is 13.7. The van der Waals surface area contributed by atoms with E-state index in [4.69, 9.17) is 5.73 Å². The summed E-state index contributed by atoms with van der Waals surface area (Å²) in [5.41, 5.74) is 12.3. The molecule has 0 fully saturated rings. The zero-order valence-corrected chi connectivity index (χ0v) is 15.6. The van der Waals surface area contributed by atoms with Crippen molar-refractivity contribution in [2.45, 2.75) is 13.3 Å². The van der Waals surface area contributed by atoms with E-state index in [1.165, 1.54) is 5.56 Å². The molecule has 0 radical (unpaired) electrons. The lowest BCUT2D eigenvalue weighted by Crippen LogP contribution is -2.17. The zero-order valence-electron chi connectivity index (χ0n) is 15.6. The molecule has 138 valence electrons. The van der Waals surface area contributed by atoms with Crippen molar-refractivity contribution in [3.05, 3.63) is 72.2 Å². The Labute approximate surface area is 163 Å². The molecule has 5 rings (SSSR count). The molecule has 0 spiro atoms. The number of pyridine rings is 1. The highest BCUT2D eigenvalue weighted by molar-refractivity contribution is 5.94. The summed E-state index contributed by atoms with van der Waals surface area (Å²) >= 11 is 0. The van der Waals surface area contributed by atoms with Crippen LogP contribution < -0.4 is 16.0 Å². The molecule has 0 bridgehead atoms. The number of hydrogen-bond donors (Lipinski definition) is 2. The molecular formula is C22H20N6. The Balaban J connectivity index is 1.54. The van der Waals surface area contributed by atoms with Gasteiger partial charge >= 0.3 is 0 Å². The van der Waals surface area contributed by atoms with Gasteiger partial charge in [-0.1, -0.05) is 24.3 Å². The van der Waals surface area contributed by atoms with Crippen molar-refractivity contribution in [3.8, 4) is 0 Å². The molecule has 6 heteroatoms. The van der Waals surface area contributed by atoms with Crippen LogP contribution in [0.4, 0.5) is 28.7 Å². The number of rotatable bonds is 3. The van der Waals surface area contributed by atoms with Crippen LogP contribution in [-0.2, 0) is 6.42 Å². The van der Waals surface area contributed by atoms with Crippen molar-refractivity contribution in [2.24, 2.45) is 0 Å². The van der Waals surface area contributed by atoms with Gasteiger partial charge in [0.15, 0.2) is 11.6 Å². The first-order valence-electron chi connectivity index (χ1n) is 9.30. The fraction of sp³-hybridized carbons (Fsp3) is 0.136. The summed E-state index contributed by atoms with van der Waals surface area (Å²) in [7, 11) is 0. The van der Waals surface area contributed by atoms with E-state index in [2.05, 4.69) is 49.4 Å². The number of nitrogens with zero attached hydrogens (tertiary/aromatic N) is 4. The average Bonchev–Trinajstić information content (AvgIpc) is 3.13. The summed E-state index contributed by atoms with van der Waals surface area (Å²) in [6.07, 6.45) is 2.54. The Bertz CT molecular complexity index is 1190. The minimum Gasteiger partial charge on any atom is -0.393 e. The Morgan fingerprint density at radius 1 is 1.00 bits per heavy atom. The molecule has 3 N–H and O–H groups in total. The number of para-hydroxylation sites is 1. The van der Waals surface area contributed by atoms with Crippen molar-refractivity contribution in [1.82, 2.24) is 15.0 Å². The molecule has 0 amide bonds. The highest BCUT2D eigenvalue weighted by Gasteiger charge is 2.24. The number of aryl methyl sites for hydroxylation is 1. The van der Waals surface area contributed by atoms with Crippen molar-refractivity contribution in [1.29, 1.82) is 0 Å². The van der Waals surface area contributed by atoms with E-state index < -0.39 is 0 Å². The molecule has 0 saturated heterocycles. The van der Waals surface area contributed by atoms with Crippen LogP contribution >= 0.6 is 0 Å². The van der Waals surface area contributed by atoms with Gasteiger partial charge in [0.1, 0.15) is 12.0 Å². The van der Waals surface area contributed by atoms with Crippen LogP contribution in [0.25, 0.3) is 10.9 Å². The second-order valence-electron chi connectivity index (χ2n) is 6.94. The minimum atomic E-state index is 0.538. The monoisotopic (exact) mass is 368 g/mol. The highest BCUT2D eigenvalue weighted by Crippen LogP contribution is 2.38. The summed E-state index contributed by atoms with van der Waals surface area (Å²) in [5.74, 6) is 1.33. The normalized spacial score (nSPS) is 13.0. The van der Waals surface area contributed by atoms with Crippen LogP contribution in [0.15, 0.2) is 60.9 Å². The van der Waals surface area contributed by atoms with Gasteiger partial charge in [0.05, 0.1) is 5.52 Å². The number of nitrogens with one attached hydrogen (secondary N) is 1. The highest BCUT2D eigenvalue weighted by atomic mass is 15.2. The molecule has 1 aliphatic rings. The van der Waals surface area contributed by atoms with Crippen molar-refractivity contribution >= 4 is 39.6 Å². The zero-order chi connectivity index (χ0) is 19.1. The molecule has 28 heavy (non-hydrogen) atoms. The van der Waals surface area contributed by atoms with Crippen LogP contribution in [-0.4, -0.2) is 21.5 Å². The fourth-order valence-corrected chi connectivity index (χ4v) is 3.75. The number of fused-ring (bicyclic) bond motifs is 2. The molecule has 6 nitrogen and oxygen atoms in total. The lowest BCUT2D eigenvalue weighted by atomic mass is 10.1. The smallest absolute Gasteiger partial charge is 0.161 e. The summed E-state index contributed by atoms with van der Waals surface area (Å²) in [5, 5.41) is 4.41. The van der Waals surface area contributed by atoms with E-state index in [-0.39, 0.29) is 0 Å². The van der Waals surface area contributed by atoms with Crippen LogP contribution in [0.5, 0.6) is 0 Å². The number of nitrogen functional groups attached to an aromatic ring is 1. The van der Waals surface area contributed by atoms with Crippen molar-refractivity contribution in [3.63, 3.8) is 0 Å². The van der Waals surface area contributed by atoms with Gasteiger partial charge in [0.2, 0.25) is 0 Å². The molecule has 1 aliphatic heterocycles. The fourth-order valence-electron chi connectivity index (χ4n) is 3.75. The van der Waals surface area contributed by atoms with Gasteiger partial charge in [-0.3, -0.25) is 4.98 Å². The molecule has 3 heterocycles. The maximum absolute atomic E-state index is 6.49. The molecule has 0 aliphatic carbocycles. The molecule has 0 unspecified atom stereocenters. The van der Waals surface area contributed by atoms with Crippen LogP contribution in [0.3, 0.4) is 0 Å². The van der Waals surface area contributed by atoms with Gasteiger partial charge in [0, 0.05) is 29.0 Å². The standard InChI is InChI=1S/C22H20N6/c1-14-9-10-16-17(26-14)6-4-7-18(16)27-21-20(23)22(25-13-24-21)28-12-11-15-5-2-3-8-19(15)28/h2-10,13H,11-12,23H2,1H3,(H,24,25,27). The van der Waals surface area contributed by atoms with Crippen LogP contribution in [0.2, 0.25) is 0 Å². The van der Waals surface area contributed by atoms with E-state index in [9.17, 15) is 0 Å². The number of nitrogens with two attached hydrogens (primary N) is 1. The number of hydrogen-bond acceptors (Lipinski definition) is 6. The Kier molecular flexibility index (Phi) is 3.83. The second kappa shape index (κ2) is 6.49. The quantitative estimate of drug-likeness (QED) is 0.559. The number of anilines is 5. The molecule has 0 saturated carbocycles. The van der Waals surface area contributed by atoms with E-state index in [0.29, 0.717) is 11.5 Å². The maximum Gasteiger partial charge on any atom is 0.161 e. The first kappa shape index (κ1) is 16.5. The largest absolute Gasteiger partial charge is 0.393 e. The van der Waals surface area contributed by atoms with Gasteiger partial charge in [0.25, 0.3) is 0 Å². The van der Waals surface area contributed by atoms with E-state index in [1.807, 2.05) is 37.3 Å². The topological polar surface area (TPSA) is 80.0 Å². The van der Waals surface area contributed by atoms with Crippen molar-refractivity contribution in [2.75, 3.05) is 22.5 Å². The van der Waals surface area contributed by atoms with Crippen LogP contribution in [0.1, 0.15) is 11.3 Å². The summed E-state index contributed by atoms with van der Waals surface area (Å²) in [6, 6.07) is 18.4.